The predicted molar refractivity (Wildman–Crippen MR) is 75.4 cm³/mol. The van der Waals surface area contributed by atoms with Gasteiger partial charge in [-0.25, -0.2) is 13.2 Å². The van der Waals surface area contributed by atoms with Crippen molar-refractivity contribution in [2.45, 2.75) is 6.54 Å². The smallest absolute Gasteiger partial charge is 0.182 e. The van der Waals surface area contributed by atoms with Crippen molar-refractivity contribution in [3.63, 3.8) is 0 Å². The fourth-order valence-corrected chi connectivity index (χ4v) is 2.08. The normalized spacial score (nSPS) is 10.8. The number of benzene rings is 2. The molecule has 106 valence electrons. The second-order valence-corrected chi connectivity index (χ2v) is 4.60. The van der Waals surface area contributed by atoms with E-state index in [1.165, 1.54) is 0 Å². The molecular formula is C16H11F3N2. The number of hydrogen-bond donors (Lipinski definition) is 1. The number of hydrogen-bond acceptors (Lipinski definition) is 2. The molecule has 0 aliphatic heterocycles. The molecular weight excluding hydrogens is 277 g/mol. The van der Waals surface area contributed by atoms with E-state index in [0.29, 0.717) is 11.8 Å². The number of anilines is 1. The molecule has 0 fully saturated rings. The highest BCUT2D eigenvalue weighted by molar-refractivity contribution is 5.78. The van der Waals surface area contributed by atoms with Crippen LogP contribution in [0.2, 0.25) is 0 Å². The van der Waals surface area contributed by atoms with Crippen LogP contribution in [0.5, 0.6) is 0 Å². The van der Waals surface area contributed by atoms with Crippen LogP contribution in [0.1, 0.15) is 5.69 Å². The van der Waals surface area contributed by atoms with E-state index in [0.717, 1.165) is 17.0 Å². The van der Waals surface area contributed by atoms with E-state index < -0.39 is 17.5 Å². The Morgan fingerprint density at radius 1 is 0.952 bits per heavy atom. The highest BCUT2D eigenvalue weighted by atomic mass is 19.2. The van der Waals surface area contributed by atoms with Gasteiger partial charge < -0.3 is 5.32 Å². The van der Waals surface area contributed by atoms with Gasteiger partial charge in [0.05, 0.1) is 23.4 Å². The highest BCUT2D eigenvalue weighted by Gasteiger charge is 2.10. The fraction of sp³-hybridized carbons (Fsp3) is 0.0625. The molecule has 0 unspecified atom stereocenters. The minimum Gasteiger partial charge on any atom is -0.377 e. The van der Waals surface area contributed by atoms with Crippen LogP contribution in [-0.4, -0.2) is 4.98 Å². The molecule has 3 rings (SSSR count). The van der Waals surface area contributed by atoms with E-state index in [4.69, 9.17) is 0 Å². The fourth-order valence-electron chi connectivity index (χ4n) is 2.08. The first kappa shape index (κ1) is 13.4. The third-order valence-electron chi connectivity index (χ3n) is 3.11. The van der Waals surface area contributed by atoms with Crippen LogP contribution in [-0.2, 0) is 6.54 Å². The molecule has 0 saturated heterocycles. The zero-order valence-electron chi connectivity index (χ0n) is 10.9. The molecule has 0 saturated carbocycles. The van der Waals surface area contributed by atoms with Crippen LogP contribution < -0.4 is 5.32 Å². The third kappa shape index (κ3) is 2.81. The van der Waals surface area contributed by atoms with Crippen molar-refractivity contribution < 1.29 is 13.2 Å². The van der Waals surface area contributed by atoms with Gasteiger partial charge in [0.25, 0.3) is 0 Å². The van der Waals surface area contributed by atoms with Gasteiger partial charge in [0.15, 0.2) is 11.6 Å². The summed E-state index contributed by atoms with van der Waals surface area (Å²) in [5, 5.41) is 3.65. The summed E-state index contributed by atoms with van der Waals surface area (Å²) in [6.45, 7) is 0.171. The average molecular weight is 288 g/mol. The second-order valence-electron chi connectivity index (χ2n) is 4.60. The number of halogens is 3. The minimum atomic E-state index is -1.22. The van der Waals surface area contributed by atoms with E-state index in [1.807, 2.05) is 30.3 Å². The SMILES string of the molecule is Fc1cc(F)c(F)c(NCc2ccc3ccccc3n2)c1. The van der Waals surface area contributed by atoms with E-state index in [2.05, 4.69) is 10.3 Å². The molecule has 5 heteroatoms. The van der Waals surface area contributed by atoms with Gasteiger partial charge in [-0.15, -0.1) is 0 Å². The van der Waals surface area contributed by atoms with E-state index in [-0.39, 0.29) is 12.2 Å². The molecule has 0 radical (unpaired) electrons. The Morgan fingerprint density at radius 2 is 1.76 bits per heavy atom. The van der Waals surface area contributed by atoms with Crippen LogP contribution in [0.25, 0.3) is 10.9 Å². The van der Waals surface area contributed by atoms with Crippen LogP contribution in [0.4, 0.5) is 18.9 Å². The lowest BCUT2D eigenvalue weighted by molar-refractivity contribution is 0.497. The number of para-hydroxylation sites is 1. The molecule has 0 aliphatic rings. The Labute approximate surface area is 119 Å². The van der Waals surface area contributed by atoms with Gasteiger partial charge in [0, 0.05) is 17.5 Å². The molecule has 2 aromatic carbocycles. The zero-order valence-corrected chi connectivity index (χ0v) is 10.9. The van der Waals surface area contributed by atoms with E-state index >= 15 is 0 Å². The lowest BCUT2D eigenvalue weighted by Crippen LogP contribution is -2.05. The number of aromatic nitrogens is 1. The quantitative estimate of drug-likeness (QED) is 0.728. The molecule has 0 spiro atoms. The maximum atomic E-state index is 13.5. The predicted octanol–water partition coefficient (Wildman–Crippen LogP) is 4.26. The van der Waals surface area contributed by atoms with Gasteiger partial charge in [0.1, 0.15) is 5.82 Å². The van der Waals surface area contributed by atoms with Crippen LogP contribution in [0.3, 0.4) is 0 Å². The van der Waals surface area contributed by atoms with Crippen molar-refractivity contribution >= 4 is 16.6 Å². The minimum absolute atomic E-state index is 0.171. The number of fused-ring (bicyclic) bond motifs is 1. The molecule has 2 nitrogen and oxygen atoms in total. The van der Waals surface area contributed by atoms with Crippen molar-refractivity contribution in [3.8, 4) is 0 Å². The second kappa shape index (κ2) is 5.44. The summed E-state index contributed by atoms with van der Waals surface area (Å²) in [6.07, 6.45) is 0. The van der Waals surface area contributed by atoms with Crippen molar-refractivity contribution in [3.05, 3.63) is 71.7 Å². The third-order valence-corrected chi connectivity index (χ3v) is 3.11. The van der Waals surface area contributed by atoms with Crippen LogP contribution in [0, 0.1) is 17.5 Å². The zero-order chi connectivity index (χ0) is 14.8. The maximum Gasteiger partial charge on any atom is 0.182 e. The number of pyridine rings is 1. The van der Waals surface area contributed by atoms with Gasteiger partial charge in [0.2, 0.25) is 0 Å². The monoisotopic (exact) mass is 288 g/mol. The number of rotatable bonds is 3. The Morgan fingerprint density at radius 3 is 2.62 bits per heavy atom. The molecule has 1 heterocycles. The number of nitrogens with zero attached hydrogens (tertiary/aromatic N) is 1. The summed E-state index contributed by atoms with van der Waals surface area (Å²) in [4.78, 5) is 4.39. The molecule has 21 heavy (non-hydrogen) atoms. The summed E-state index contributed by atoms with van der Waals surface area (Å²) >= 11 is 0. The first-order valence-corrected chi connectivity index (χ1v) is 6.36. The largest absolute Gasteiger partial charge is 0.377 e. The van der Waals surface area contributed by atoms with E-state index in [9.17, 15) is 13.2 Å². The summed E-state index contributed by atoms with van der Waals surface area (Å²) in [6, 6.07) is 12.7. The number of nitrogens with one attached hydrogen (secondary N) is 1. The standard InChI is InChI=1S/C16H11F3N2/c17-11-7-13(18)16(19)15(8-11)20-9-12-6-5-10-3-1-2-4-14(10)21-12/h1-8,20H,9H2. The Balaban J connectivity index is 1.83. The Hall–Kier alpha value is -2.56. The Bertz CT molecular complexity index is 803. The van der Waals surface area contributed by atoms with Crippen molar-refractivity contribution in [2.75, 3.05) is 5.32 Å². The lowest BCUT2D eigenvalue weighted by atomic mass is 10.2. The molecule has 0 aliphatic carbocycles. The summed E-state index contributed by atoms with van der Waals surface area (Å²) in [5.74, 6) is -3.15. The molecule has 1 N–H and O–H groups in total. The first-order chi connectivity index (χ1) is 10.1. The summed E-state index contributed by atoms with van der Waals surface area (Å²) < 4.78 is 39.7. The lowest BCUT2D eigenvalue weighted by Gasteiger charge is -2.08. The molecule has 1 aromatic heterocycles. The maximum absolute atomic E-state index is 13.5. The van der Waals surface area contributed by atoms with Crippen LogP contribution >= 0.6 is 0 Å². The van der Waals surface area contributed by atoms with Crippen molar-refractivity contribution in [1.82, 2.24) is 4.98 Å². The van der Waals surface area contributed by atoms with Crippen LogP contribution in [0.15, 0.2) is 48.5 Å². The van der Waals surface area contributed by atoms with Gasteiger partial charge in [-0.1, -0.05) is 24.3 Å². The van der Waals surface area contributed by atoms with Crippen molar-refractivity contribution in [2.24, 2.45) is 0 Å². The molecule has 0 atom stereocenters. The van der Waals surface area contributed by atoms with Crippen molar-refractivity contribution in [1.29, 1.82) is 0 Å². The van der Waals surface area contributed by atoms with E-state index in [1.54, 1.807) is 6.07 Å². The van der Waals surface area contributed by atoms with Gasteiger partial charge in [-0.05, 0) is 12.1 Å². The topological polar surface area (TPSA) is 24.9 Å². The summed E-state index contributed by atoms with van der Waals surface area (Å²) in [7, 11) is 0. The molecule has 0 amide bonds. The molecule has 3 aromatic rings. The first-order valence-electron chi connectivity index (χ1n) is 6.36. The highest BCUT2D eigenvalue weighted by Crippen LogP contribution is 2.20. The Kier molecular flexibility index (Phi) is 3.48. The summed E-state index contributed by atoms with van der Waals surface area (Å²) in [5.41, 5.74) is 1.24. The van der Waals surface area contributed by atoms with Gasteiger partial charge in [-0.3, -0.25) is 4.98 Å². The average Bonchev–Trinajstić information content (AvgIpc) is 2.49. The molecule has 0 bridgehead atoms. The van der Waals surface area contributed by atoms with Gasteiger partial charge in [-0.2, -0.15) is 0 Å². The van der Waals surface area contributed by atoms with Gasteiger partial charge >= 0.3 is 0 Å².